The van der Waals surface area contributed by atoms with E-state index in [1.165, 1.54) is 12.1 Å². The molecule has 0 aliphatic heterocycles. The van der Waals surface area contributed by atoms with Crippen LogP contribution in [-0.2, 0) is 4.79 Å². The molecule has 0 bridgehead atoms. The van der Waals surface area contributed by atoms with Gasteiger partial charge in [-0.05, 0) is 18.2 Å². The van der Waals surface area contributed by atoms with Gasteiger partial charge >= 0.3 is 5.63 Å². The Morgan fingerprint density at radius 1 is 1.04 bits per heavy atom. The molecule has 0 radical (unpaired) electrons. The number of fused-ring (bicyclic) bond motifs is 1. The molecule has 9 heteroatoms. The van der Waals surface area contributed by atoms with Gasteiger partial charge < -0.3 is 39.9 Å². The summed E-state index contributed by atoms with van der Waals surface area (Å²) in [5.41, 5.74) is -0.00407. The number of aromatic hydroxyl groups is 1. The third-order valence-electron chi connectivity index (χ3n) is 3.03. The first kappa shape index (κ1) is 19.7. The number of benzene rings is 1. The van der Waals surface area contributed by atoms with E-state index in [1.807, 2.05) is 0 Å². The number of hydrogen-bond acceptors (Lipinski definition) is 9. The number of phenols is 1. The van der Waals surface area contributed by atoms with Crippen molar-refractivity contribution in [2.24, 2.45) is 0 Å². The van der Waals surface area contributed by atoms with Crippen LogP contribution in [-0.4, -0.2) is 67.9 Å². The van der Waals surface area contributed by atoms with Crippen LogP contribution in [0, 0.1) is 0 Å². The summed E-state index contributed by atoms with van der Waals surface area (Å²) in [5, 5.41) is 53.4. The minimum Gasteiger partial charge on any atom is -0.508 e. The van der Waals surface area contributed by atoms with E-state index in [9.17, 15) is 9.59 Å². The van der Waals surface area contributed by atoms with Crippen LogP contribution in [0.15, 0.2) is 39.5 Å². The average molecular weight is 342 g/mol. The minimum atomic E-state index is -1.79. The second-order valence-corrected chi connectivity index (χ2v) is 4.83. The van der Waals surface area contributed by atoms with E-state index in [4.69, 9.17) is 35.1 Å². The lowest BCUT2D eigenvalue weighted by Crippen LogP contribution is -2.46. The number of aliphatic hydroxyl groups excluding tert-OH is 5. The molecule has 0 spiro atoms. The highest BCUT2D eigenvalue weighted by atomic mass is 16.4. The summed E-state index contributed by atoms with van der Waals surface area (Å²) < 4.78 is 4.83. The Bertz CT molecular complexity index is 711. The van der Waals surface area contributed by atoms with Crippen LogP contribution >= 0.6 is 0 Å². The molecule has 6 N–H and O–H groups in total. The molecule has 0 aliphatic rings. The molecule has 0 saturated heterocycles. The monoisotopic (exact) mass is 342 g/mol. The molecule has 4 atom stereocenters. The van der Waals surface area contributed by atoms with E-state index >= 15 is 0 Å². The van der Waals surface area contributed by atoms with Gasteiger partial charge in [-0.25, -0.2) is 4.79 Å². The number of aliphatic hydroxyl groups is 5. The average Bonchev–Trinajstić information content (AvgIpc) is 2.59. The van der Waals surface area contributed by atoms with Gasteiger partial charge in [0.25, 0.3) is 0 Å². The number of hydrogen-bond donors (Lipinski definition) is 6. The fourth-order valence-corrected chi connectivity index (χ4v) is 1.67. The van der Waals surface area contributed by atoms with E-state index in [1.54, 1.807) is 18.2 Å². The topological polar surface area (TPSA) is 169 Å². The molecule has 1 aromatic carbocycles. The summed E-state index contributed by atoms with van der Waals surface area (Å²) >= 11 is 0. The Morgan fingerprint density at radius 3 is 2.25 bits per heavy atom. The molecule has 0 unspecified atom stereocenters. The molecule has 1 heterocycles. The summed E-state index contributed by atoms with van der Waals surface area (Å²) in [6, 6.07) is 7.65. The lowest BCUT2D eigenvalue weighted by molar-refractivity contribution is -0.136. The highest BCUT2D eigenvalue weighted by Crippen LogP contribution is 2.17. The predicted molar refractivity (Wildman–Crippen MR) is 81.3 cm³/mol. The standard InChI is InChI=1S/C9H6O3.C6H12O6/c10-7-3-1-6-2-4-9(11)12-8(6)5-7;7-1-3(9)5(11)6(12)4(10)2-8/h1-5,10H;1,3-6,8-12H,2H2/t;3-,4+,5+,6-/m.0/s1. The van der Waals surface area contributed by atoms with E-state index in [2.05, 4.69) is 0 Å². The van der Waals surface area contributed by atoms with Gasteiger partial charge in [0.1, 0.15) is 35.7 Å². The summed E-state index contributed by atoms with van der Waals surface area (Å²) in [6.07, 6.45) is -6.84. The van der Waals surface area contributed by atoms with E-state index in [-0.39, 0.29) is 12.0 Å². The van der Waals surface area contributed by atoms with Crippen molar-refractivity contribution in [3.8, 4) is 5.75 Å². The number of carbonyl (C=O) groups excluding carboxylic acids is 1. The van der Waals surface area contributed by atoms with Gasteiger partial charge in [0, 0.05) is 17.5 Å². The van der Waals surface area contributed by atoms with Crippen LogP contribution < -0.4 is 5.63 Å². The third-order valence-corrected chi connectivity index (χ3v) is 3.03. The molecule has 24 heavy (non-hydrogen) atoms. The molecule has 2 rings (SSSR count). The van der Waals surface area contributed by atoms with Gasteiger partial charge in [0.2, 0.25) is 0 Å². The van der Waals surface area contributed by atoms with Crippen molar-refractivity contribution in [3.05, 3.63) is 40.8 Å². The lowest BCUT2D eigenvalue weighted by atomic mass is 10.0. The second kappa shape index (κ2) is 9.11. The third kappa shape index (κ3) is 5.41. The van der Waals surface area contributed by atoms with E-state index in [0.717, 1.165) is 5.39 Å². The first-order valence-electron chi connectivity index (χ1n) is 6.81. The molecule has 0 saturated carbocycles. The van der Waals surface area contributed by atoms with Gasteiger partial charge in [0.05, 0.1) is 6.61 Å². The smallest absolute Gasteiger partial charge is 0.336 e. The molecule has 0 fully saturated rings. The van der Waals surface area contributed by atoms with Crippen molar-refractivity contribution >= 4 is 17.3 Å². The van der Waals surface area contributed by atoms with Crippen LogP contribution in [0.2, 0.25) is 0 Å². The number of rotatable bonds is 5. The molecule has 9 nitrogen and oxygen atoms in total. The zero-order valence-electron chi connectivity index (χ0n) is 12.4. The van der Waals surface area contributed by atoms with Crippen LogP contribution in [0.3, 0.4) is 0 Å². The number of phenolic OH excluding ortho intramolecular Hbond substituents is 1. The molecule has 0 aliphatic carbocycles. The quantitative estimate of drug-likeness (QED) is 0.269. The largest absolute Gasteiger partial charge is 0.508 e. The highest BCUT2D eigenvalue weighted by molar-refractivity contribution is 5.77. The lowest BCUT2D eigenvalue weighted by Gasteiger charge is -2.22. The van der Waals surface area contributed by atoms with Crippen LogP contribution in [0.4, 0.5) is 0 Å². The summed E-state index contributed by atoms with van der Waals surface area (Å²) in [5.74, 6) is 0.0943. The molecule has 0 amide bonds. The summed E-state index contributed by atoms with van der Waals surface area (Å²) in [6.45, 7) is -0.760. The number of carbonyl (C=O) groups is 1. The Kier molecular flexibility index (Phi) is 7.49. The zero-order chi connectivity index (χ0) is 18.3. The summed E-state index contributed by atoms with van der Waals surface area (Å²) in [7, 11) is 0. The van der Waals surface area contributed by atoms with Crippen molar-refractivity contribution in [1.29, 1.82) is 0 Å². The van der Waals surface area contributed by atoms with Gasteiger partial charge in [0.15, 0.2) is 6.29 Å². The summed E-state index contributed by atoms with van der Waals surface area (Å²) in [4.78, 5) is 20.6. The van der Waals surface area contributed by atoms with Crippen molar-refractivity contribution in [1.82, 2.24) is 0 Å². The van der Waals surface area contributed by atoms with Crippen LogP contribution in [0.5, 0.6) is 5.75 Å². The Balaban J connectivity index is 0.000000240. The van der Waals surface area contributed by atoms with Gasteiger partial charge in [-0.15, -0.1) is 0 Å². The fraction of sp³-hybridized carbons (Fsp3) is 0.333. The molecule has 2 aromatic rings. The van der Waals surface area contributed by atoms with Crippen LogP contribution in [0.1, 0.15) is 0 Å². The first-order valence-corrected chi connectivity index (χ1v) is 6.81. The molecule has 1 aromatic heterocycles. The van der Waals surface area contributed by atoms with Crippen molar-refractivity contribution < 1.29 is 39.9 Å². The van der Waals surface area contributed by atoms with Crippen LogP contribution in [0.25, 0.3) is 11.0 Å². The molecular weight excluding hydrogens is 324 g/mol. The van der Waals surface area contributed by atoms with E-state index < -0.39 is 36.6 Å². The minimum absolute atomic E-state index is 0.0258. The fourth-order valence-electron chi connectivity index (χ4n) is 1.67. The maximum absolute atomic E-state index is 10.7. The van der Waals surface area contributed by atoms with E-state index in [0.29, 0.717) is 5.58 Å². The van der Waals surface area contributed by atoms with Crippen molar-refractivity contribution in [2.75, 3.05) is 6.61 Å². The normalized spacial score (nSPS) is 15.7. The van der Waals surface area contributed by atoms with Crippen molar-refractivity contribution in [2.45, 2.75) is 24.4 Å². The Hall–Kier alpha value is -2.30. The molecular formula is C15H18O9. The number of aldehydes is 1. The first-order chi connectivity index (χ1) is 11.3. The van der Waals surface area contributed by atoms with Gasteiger partial charge in [-0.2, -0.15) is 0 Å². The van der Waals surface area contributed by atoms with Crippen molar-refractivity contribution in [3.63, 3.8) is 0 Å². The maximum atomic E-state index is 10.7. The van der Waals surface area contributed by atoms with Gasteiger partial charge in [-0.3, -0.25) is 0 Å². The van der Waals surface area contributed by atoms with Gasteiger partial charge in [-0.1, -0.05) is 0 Å². The maximum Gasteiger partial charge on any atom is 0.336 e. The molecule has 132 valence electrons. The predicted octanol–water partition coefficient (Wildman–Crippen LogP) is -1.88. The Morgan fingerprint density at radius 2 is 1.67 bits per heavy atom. The highest BCUT2D eigenvalue weighted by Gasteiger charge is 2.29. The zero-order valence-corrected chi connectivity index (χ0v) is 12.4. The second-order valence-electron chi connectivity index (χ2n) is 4.83. The Labute approximate surface area is 135 Å². The SMILES string of the molecule is O=C[C@H](O)[C@@H](O)[C@@H](O)[C@H](O)CO.O=c1ccc2ccc(O)cc2o1.